The lowest BCUT2D eigenvalue weighted by atomic mass is 9.72. The fourth-order valence-corrected chi connectivity index (χ4v) is 1.53. The van der Waals surface area contributed by atoms with Gasteiger partial charge in [-0.05, 0) is 12.3 Å². The van der Waals surface area contributed by atoms with Crippen LogP contribution in [-0.4, -0.2) is 12.3 Å². The third kappa shape index (κ3) is 0.358. The Kier molecular flexibility index (Phi) is 0.678. The van der Waals surface area contributed by atoms with Crippen molar-refractivity contribution in [3.63, 3.8) is 0 Å². The van der Waals surface area contributed by atoms with Crippen LogP contribution in [0.25, 0.3) is 0 Å². The van der Waals surface area contributed by atoms with E-state index < -0.39 is 0 Å². The highest BCUT2D eigenvalue weighted by molar-refractivity contribution is 5.65. The van der Waals surface area contributed by atoms with Gasteiger partial charge in [0, 0.05) is 12.1 Å². The highest BCUT2D eigenvalue weighted by Gasteiger charge is 2.39. The van der Waals surface area contributed by atoms with Crippen molar-refractivity contribution in [1.29, 1.82) is 0 Å². The molecule has 2 nitrogen and oxygen atoms in total. The molecule has 0 saturated heterocycles. The molecule has 2 aliphatic rings. The average Bonchev–Trinajstić information content (AvgIpc) is 2.09. The minimum Gasteiger partial charge on any atom is -0.307 e. The van der Waals surface area contributed by atoms with Gasteiger partial charge >= 0.3 is 0 Å². The molecule has 0 aromatic carbocycles. The van der Waals surface area contributed by atoms with Crippen LogP contribution in [0.5, 0.6) is 0 Å². The molecule has 2 rings (SSSR count). The maximum atomic E-state index is 3.98. The smallest absolute Gasteiger partial charge is 0.0523 e. The first-order valence-corrected chi connectivity index (χ1v) is 3.16. The highest BCUT2D eigenvalue weighted by atomic mass is 15.3. The molecule has 0 radical (unpaired) electrons. The van der Waals surface area contributed by atoms with Crippen LogP contribution in [0.2, 0.25) is 0 Å². The molecule has 2 heteroatoms. The van der Waals surface area contributed by atoms with E-state index in [4.69, 9.17) is 0 Å². The molecule has 2 unspecified atom stereocenters. The van der Waals surface area contributed by atoms with E-state index in [1.54, 1.807) is 0 Å². The maximum absolute atomic E-state index is 3.98. The van der Waals surface area contributed by atoms with E-state index in [0.717, 1.165) is 11.8 Å². The third-order valence-corrected chi connectivity index (χ3v) is 2.23. The monoisotopic (exact) mass is 110 g/mol. The van der Waals surface area contributed by atoms with Gasteiger partial charge in [0.1, 0.15) is 0 Å². The van der Waals surface area contributed by atoms with Crippen molar-refractivity contribution in [2.75, 3.05) is 0 Å². The molecule has 1 aliphatic carbocycles. The number of rotatable bonds is 0. The molecule has 44 valence electrons. The van der Waals surface area contributed by atoms with E-state index in [1.165, 1.54) is 6.42 Å². The molecule has 1 aliphatic heterocycles. The SMILES string of the molecule is CC1CC2NN=C[C@@H]12. The molecular weight excluding hydrogens is 100 g/mol. The summed E-state index contributed by atoms with van der Waals surface area (Å²) in [7, 11) is 0. The molecule has 0 aromatic heterocycles. The predicted octanol–water partition coefficient (Wildman–Crippen LogP) is 0.600. The Morgan fingerprint density at radius 3 is 3.12 bits per heavy atom. The standard InChI is InChI=1S/C6H10N2/c1-4-2-6-5(4)3-7-8-6/h3-6,8H,2H2,1H3/t4?,5-,6?/m0/s1. The Bertz CT molecular complexity index is 130. The van der Waals surface area contributed by atoms with Crippen molar-refractivity contribution < 1.29 is 0 Å². The summed E-state index contributed by atoms with van der Waals surface area (Å²) in [6.45, 7) is 2.28. The minimum absolute atomic E-state index is 0.699. The fraction of sp³-hybridized carbons (Fsp3) is 0.833. The molecule has 1 saturated carbocycles. The molecular formula is C6H10N2. The summed E-state index contributed by atoms with van der Waals surface area (Å²) in [6, 6.07) is 0.699. The predicted molar refractivity (Wildman–Crippen MR) is 32.7 cm³/mol. The van der Waals surface area contributed by atoms with Gasteiger partial charge in [-0.2, -0.15) is 5.10 Å². The first-order valence-electron chi connectivity index (χ1n) is 3.16. The summed E-state index contributed by atoms with van der Waals surface area (Å²) >= 11 is 0. The Morgan fingerprint density at radius 2 is 2.62 bits per heavy atom. The van der Waals surface area contributed by atoms with Crippen LogP contribution in [0, 0.1) is 11.8 Å². The second kappa shape index (κ2) is 1.24. The van der Waals surface area contributed by atoms with Gasteiger partial charge in [0.05, 0.1) is 6.04 Å². The maximum Gasteiger partial charge on any atom is 0.0523 e. The average molecular weight is 110 g/mol. The number of nitrogens with zero attached hydrogens (tertiary/aromatic N) is 1. The lowest BCUT2D eigenvalue weighted by Gasteiger charge is -2.35. The lowest BCUT2D eigenvalue weighted by molar-refractivity contribution is 0.207. The highest BCUT2D eigenvalue weighted by Crippen LogP contribution is 2.34. The molecule has 0 bridgehead atoms. The first-order chi connectivity index (χ1) is 3.88. The van der Waals surface area contributed by atoms with Crippen LogP contribution in [0.15, 0.2) is 5.10 Å². The van der Waals surface area contributed by atoms with Crippen LogP contribution in [0.1, 0.15) is 13.3 Å². The second-order valence-electron chi connectivity index (χ2n) is 2.80. The minimum atomic E-state index is 0.699. The molecule has 1 heterocycles. The van der Waals surface area contributed by atoms with Gasteiger partial charge in [-0.15, -0.1) is 0 Å². The summed E-state index contributed by atoms with van der Waals surface area (Å²) in [5.41, 5.74) is 3.06. The fourth-order valence-electron chi connectivity index (χ4n) is 1.53. The molecule has 1 N–H and O–H groups in total. The van der Waals surface area contributed by atoms with Crippen LogP contribution in [0.3, 0.4) is 0 Å². The topological polar surface area (TPSA) is 24.4 Å². The van der Waals surface area contributed by atoms with Gasteiger partial charge in [-0.3, -0.25) is 0 Å². The van der Waals surface area contributed by atoms with Crippen molar-refractivity contribution in [2.24, 2.45) is 16.9 Å². The van der Waals surface area contributed by atoms with Crippen LogP contribution >= 0.6 is 0 Å². The second-order valence-corrected chi connectivity index (χ2v) is 2.80. The number of hydrogen-bond donors (Lipinski definition) is 1. The van der Waals surface area contributed by atoms with Crippen molar-refractivity contribution >= 4 is 6.21 Å². The van der Waals surface area contributed by atoms with Gasteiger partial charge in [0.2, 0.25) is 0 Å². The Labute approximate surface area is 49.0 Å². The van der Waals surface area contributed by atoms with E-state index >= 15 is 0 Å². The third-order valence-electron chi connectivity index (χ3n) is 2.23. The van der Waals surface area contributed by atoms with Crippen LogP contribution in [-0.2, 0) is 0 Å². The van der Waals surface area contributed by atoms with E-state index in [9.17, 15) is 0 Å². The zero-order chi connectivity index (χ0) is 5.56. The number of hydrogen-bond acceptors (Lipinski definition) is 2. The van der Waals surface area contributed by atoms with Crippen LogP contribution in [0.4, 0.5) is 0 Å². The largest absolute Gasteiger partial charge is 0.307 e. The Balaban J connectivity index is 2.10. The van der Waals surface area contributed by atoms with Gasteiger partial charge in [0.15, 0.2) is 0 Å². The summed E-state index contributed by atoms with van der Waals surface area (Å²) in [5, 5.41) is 3.98. The molecule has 0 spiro atoms. The van der Waals surface area contributed by atoms with Gasteiger partial charge in [0.25, 0.3) is 0 Å². The number of nitrogens with one attached hydrogen (secondary N) is 1. The molecule has 0 aromatic rings. The van der Waals surface area contributed by atoms with Gasteiger partial charge in [-0.25, -0.2) is 0 Å². The van der Waals surface area contributed by atoms with Crippen LogP contribution < -0.4 is 5.43 Å². The van der Waals surface area contributed by atoms with Crippen molar-refractivity contribution in [2.45, 2.75) is 19.4 Å². The lowest BCUT2D eigenvalue weighted by Crippen LogP contribution is -2.43. The van der Waals surface area contributed by atoms with Crippen molar-refractivity contribution in [3.05, 3.63) is 0 Å². The van der Waals surface area contributed by atoms with Gasteiger partial charge in [-0.1, -0.05) is 6.92 Å². The first kappa shape index (κ1) is 4.36. The Morgan fingerprint density at radius 1 is 1.75 bits per heavy atom. The number of hydrazone groups is 1. The summed E-state index contributed by atoms with van der Waals surface area (Å²) in [4.78, 5) is 0. The van der Waals surface area contributed by atoms with Crippen molar-refractivity contribution in [1.82, 2.24) is 5.43 Å². The van der Waals surface area contributed by atoms with E-state index in [2.05, 4.69) is 17.5 Å². The van der Waals surface area contributed by atoms with E-state index in [1.807, 2.05) is 6.21 Å². The number of fused-ring (bicyclic) bond motifs is 1. The van der Waals surface area contributed by atoms with Gasteiger partial charge < -0.3 is 5.43 Å². The molecule has 1 fully saturated rings. The van der Waals surface area contributed by atoms with E-state index in [-0.39, 0.29) is 0 Å². The zero-order valence-corrected chi connectivity index (χ0v) is 4.96. The molecule has 3 atom stereocenters. The summed E-state index contributed by atoms with van der Waals surface area (Å²) in [6.07, 6.45) is 3.35. The summed E-state index contributed by atoms with van der Waals surface area (Å²) in [5.74, 6) is 1.63. The normalized spacial score (nSPS) is 49.9. The quantitative estimate of drug-likeness (QED) is 0.485. The summed E-state index contributed by atoms with van der Waals surface area (Å²) < 4.78 is 0. The molecule has 0 amide bonds. The Hall–Kier alpha value is -0.530. The zero-order valence-electron chi connectivity index (χ0n) is 4.96. The van der Waals surface area contributed by atoms with Crippen molar-refractivity contribution in [3.8, 4) is 0 Å². The van der Waals surface area contributed by atoms with E-state index in [0.29, 0.717) is 6.04 Å². The molecule has 8 heavy (non-hydrogen) atoms.